The van der Waals surface area contributed by atoms with Crippen LogP contribution in [0.4, 0.5) is 0 Å². The minimum absolute atomic E-state index is 0.104. The van der Waals surface area contributed by atoms with Gasteiger partial charge in [0.2, 0.25) is 0 Å². The van der Waals surface area contributed by atoms with Crippen LogP contribution in [0.1, 0.15) is 64.8 Å². The summed E-state index contributed by atoms with van der Waals surface area (Å²) in [5, 5.41) is 2.92. The van der Waals surface area contributed by atoms with E-state index in [1.807, 2.05) is 24.3 Å². The number of fused-ring (bicyclic) bond motifs is 1. The summed E-state index contributed by atoms with van der Waals surface area (Å²) in [6.45, 7) is 1.24. The molecule has 5 nitrogen and oxygen atoms in total. The molecule has 0 spiro atoms. The van der Waals surface area contributed by atoms with Crippen LogP contribution in [-0.2, 0) is 6.54 Å². The summed E-state index contributed by atoms with van der Waals surface area (Å²) in [7, 11) is 1.62. The fourth-order valence-electron chi connectivity index (χ4n) is 4.93. The maximum Gasteiger partial charge on any atom is 0.254 e. The summed E-state index contributed by atoms with van der Waals surface area (Å²) < 4.78 is 5.33. The van der Waals surface area contributed by atoms with E-state index in [0.29, 0.717) is 29.6 Å². The predicted octanol–water partition coefficient (Wildman–Crippen LogP) is 4.42. The number of carbonyl (C=O) groups excluding carboxylic acids is 2. The summed E-state index contributed by atoms with van der Waals surface area (Å²) >= 11 is 0. The maximum absolute atomic E-state index is 13.1. The van der Waals surface area contributed by atoms with E-state index in [2.05, 4.69) is 10.2 Å². The van der Waals surface area contributed by atoms with Crippen LogP contribution in [0.5, 0.6) is 5.75 Å². The number of hydrogen-bond acceptors (Lipinski definition) is 3. The Kier molecular flexibility index (Phi) is 6.36. The first-order valence-electron chi connectivity index (χ1n) is 11.0. The molecule has 0 aromatic heterocycles. The van der Waals surface area contributed by atoms with Gasteiger partial charge in [-0.3, -0.25) is 9.59 Å². The van der Waals surface area contributed by atoms with Crippen molar-refractivity contribution >= 4 is 11.8 Å². The van der Waals surface area contributed by atoms with Crippen LogP contribution >= 0.6 is 0 Å². The summed E-state index contributed by atoms with van der Waals surface area (Å²) in [6, 6.07) is 15.1. The van der Waals surface area contributed by atoms with E-state index < -0.39 is 0 Å². The normalized spacial score (nSPS) is 20.9. The highest BCUT2D eigenvalue weighted by atomic mass is 16.5. The molecule has 0 bridgehead atoms. The van der Waals surface area contributed by atoms with Crippen LogP contribution in [0.15, 0.2) is 48.5 Å². The van der Waals surface area contributed by atoms with Crippen LogP contribution in [0.3, 0.4) is 0 Å². The van der Waals surface area contributed by atoms with Crippen molar-refractivity contribution in [2.24, 2.45) is 5.92 Å². The van der Waals surface area contributed by atoms with Gasteiger partial charge < -0.3 is 15.0 Å². The van der Waals surface area contributed by atoms with Crippen LogP contribution in [0.2, 0.25) is 0 Å². The molecule has 1 saturated carbocycles. The molecule has 2 aromatic rings. The lowest BCUT2D eigenvalue weighted by molar-refractivity contribution is 0.0390. The Balaban J connectivity index is 1.39. The molecule has 1 N–H and O–H groups in total. The second-order valence-corrected chi connectivity index (χ2v) is 8.32. The van der Waals surface area contributed by atoms with Crippen molar-refractivity contribution in [2.75, 3.05) is 13.7 Å². The molecular weight excluding hydrogens is 376 g/mol. The first-order valence-corrected chi connectivity index (χ1v) is 11.0. The van der Waals surface area contributed by atoms with Gasteiger partial charge in [-0.1, -0.05) is 31.0 Å². The second-order valence-electron chi connectivity index (χ2n) is 8.32. The minimum atomic E-state index is -0.162. The van der Waals surface area contributed by atoms with Gasteiger partial charge in [-0.2, -0.15) is 0 Å². The Bertz CT molecular complexity index is 892. The van der Waals surface area contributed by atoms with Crippen LogP contribution in [0, 0.1) is 5.92 Å². The van der Waals surface area contributed by atoms with Gasteiger partial charge >= 0.3 is 0 Å². The molecule has 2 aliphatic rings. The number of likely N-dealkylation sites (tertiary alicyclic amines) is 1. The molecule has 2 aromatic carbocycles. The fourth-order valence-corrected chi connectivity index (χ4v) is 4.93. The molecule has 1 saturated heterocycles. The second kappa shape index (κ2) is 9.33. The first kappa shape index (κ1) is 20.5. The van der Waals surface area contributed by atoms with E-state index in [1.165, 1.54) is 25.7 Å². The smallest absolute Gasteiger partial charge is 0.254 e. The van der Waals surface area contributed by atoms with Crippen molar-refractivity contribution in [1.82, 2.24) is 10.2 Å². The zero-order valence-electron chi connectivity index (χ0n) is 17.6. The Labute approximate surface area is 178 Å². The van der Waals surface area contributed by atoms with Gasteiger partial charge in [0, 0.05) is 35.8 Å². The Morgan fingerprint density at radius 3 is 2.47 bits per heavy atom. The number of nitrogens with one attached hydrogen (secondary N) is 1. The fraction of sp³-hybridized carbons (Fsp3) is 0.440. The topological polar surface area (TPSA) is 58.6 Å². The molecular formula is C25H30N2O3. The molecule has 0 radical (unpaired) electrons. The van der Waals surface area contributed by atoms with Gasteiger partial charge in [0.25, 0.3) is 11.8 Å². The van der Waals surface area contributed by atoms with Crippen molar-refractivity contribution in [3.05, 3.63) is 65.2 Å². The number of hydrogen-bond donors (Lipinski definition) is 1. The van der Waals surface area contributed by atoms with E-state index in [0.717, 1.165) is 30.7 Å². The van der Waals surface area contributed by atoms with Crippen molar-refractivity contribution in [3.8, 4) is 5.75 Å². The predicted molar refractivity (Wildman–Crippen MR) is 117 cm³/mol. The van der Waals surface area contributed by atoms with Crippen LogP contribution in [-0.4, -0.2) is 36.4 Å². The summed E-state index contributed by atoms with van der Waals surface area (Å²) in [5.74, 6) is 1.36. The number of carbonyl (C=O) groups is 2. The lowest BCUT2D eigenvalue weighted by atomic mass is 9.78. The SMILES string of the molecule is COc1ccccc1CNC(=O)c1ccc(C(=O)N2CCC[C@H]3CCCCC32)cc1. The Hall–Kier alpha value is -2.82. The standard InChI is InChI=1S/C25H30N2O3/c1-30-23-11-5-3-8-21(23)17-26-24(28)19-12-14-20(15-13-19)25(29)27-16-6-9-18-7-2-4-10-22(18)27/h3,5,8,11-15,18,22H,2,4,6-7,9-10,16-17H2,1H3,(H,26,28)/t18-,22?/m1/s1. The van der Waals surface area contributed by atoms with Gasteiger partial charge in [-0.15, -0.1) is 0 Å². The molecule has 1 unspecified atom stereocenters. The van der Waals surface area contributed by atoms with Crippen molar-refractivity contribution in [2.45, 2.75) is 51.1 Å². The highest BCUT2D eigenvalue weighted by Gasteiger charge is 2.35. The van der Waals surface area contributed by atoms with Crippen molar-refractivity contribution < 1.29 is 14.3 Å². The van der Waals surface area contributed by atoms with Gasteiger partial charge in [-0.05, 0) is 61.9 Å². The average molecular weight is 407 g/mol. The quantitative estimate of drug-likeness (QED) is 0.800. The number of para-hydroxylation sites is 1. The lowest BCUT2D eigenvalue weighted by Crippen LogP contribution is -2.49. The molecule has 5 heteroatoms. The zero-order valence-corrected chi connectivity index (χ0v) is 17.6. The number of amides is 2. The number of nitrogens with zero attached hydrogens (tertiary/aromatic N) is 1. The van der Waals surface area contributed by atoms with E-state index in [4.69, 9.17) is 4.74 Å². The lowest BCUT2D eigenvalue weighted by Gasteiger charge is -2.44. The maximum atomic E-state index is 13.1. The summed E-state index contributed by atoms with van der Waals surface area (Å²) in [4.78, 5) is 27.8. The molecule has 30 heavy (non-hydrogen) atoms. The Morgan fingerprint density at radius 2 is 1.67 bits per heavy atom. The molecule has 2 atom stereocenters. The van der Waals surface area contributed by atoms with E-state index in [9.17, 15) is 9.59 Å². The first-order chi connectivity index (χ1) is 14.7. The van der Waals surface area contributed by atoms with Crippen molar-refractivity contribution in [1.29, 1.82) is 0 Å². The van der Waals surface area contributed by atoms with E-state index >= 15 is 0 Å². The summed E-state index contributed by atoms with van der Waals surface area (Å²) in [6.07, 6.45) is 7.23. The molecule has 2 fully saturated rings. The number of benzene rings is 2. The molecule has 4 rings (SSSR count). The molecule has 1 aliphatic heterocycles. The number of rotatable bonds is 5. The minimum Gasteiger partial charge on any atom is -0.496 e. The van der Waals surface area contributed by atoms with Gasteiger partial charge in [0.05, 0.1) is 7.11 Å². The average Bonchev–Trinajstić information content (AvgIpc) is 2.82. The van der Waals surface area contributed by atoms with Crippen molar-refractivity contribution in [3.63, 3.8) is 0 Å². The van der Waals surface area contributed by atoms with E-state index in [1.54, 1.807) is 31.4 Å². The van der Waals surface area contributed by atoms with Gasteiger partial charge in [-0.25, -0.2) is 0 Å². The van der Waals surface area contributed by atoms with Crippen LogP contribution < -0.4 is 10.1 Å². The molecule has 1 heterocycles. The van der Waals surface area contributed by atoms with Crippen LogP contribution in [0.25, 0.3) is 0 Å². The number of methoxy groups -OCH3 is 1. The summed E-state index contributed by atoms with van der Waals surface area (Å²) in [5.41, 5.74) is 2.14. The third kappa shape index (κ3) is 4.35. The monoisotopic (exact) mass is 406 g/mol. The van der Waals surface area contributed by atoms with E-state index in [-0.39, 0.29) is 11.8 Å². The third-order valence-corrected chi connectivity index (χ3v) is 6.53. The molecule has 158 valence electrons. The van der Waals surface area contributed by atoms with Gasteiger partial charge in [0.1, 0.15) is 5.75 Å². The Morgan fingerprint density at radius 1 is 0.967 bits per heavy atom. The molecule has 2 amide bonds. The number of ether oxygens (including phenoxy) is 1. The molecule has 1 aliphatic carbocycles. The zero-order chi connectivity index (χ0) is 20.9. The highest BCUT2D eigenvalue weighted by Crippen LogP contribution is 2.35. The number of piperidine rings is 1. The highest BCUT2D eigenvalue weighted by molar-refractivity contribution is 5.98. The van der Waals surface area contributed by atoms with Gasteiger partial charge in [0.15, 0.2) is 0 Å². The third-order valence-electron chi connectivity index (χ3n) is 6.53. The largest absolute Gasteiger partial charge is 0.496 e.